The zero-order valence-corrected chi connectivity index (χ0v) is 13.0. The van der Waals surface area contributed by atoms with Crippen LogP contribution >= 0.6 is 0 Å². The average Bonchev–Trinajstić information content (AvgIpc) is 2.48. The Morgan fingerprint density at radius 3 is 3.00 bits per heavy atom. The molecule has 6 heteroatoms. The standard InChI is InChI=1S/C15H23N3O3/c1-4-6-12-11(15(19)20-5-2)9-16-14(17-12)13-10-18(3)7-8-21-13/h9,13H,4-8,10H2,1-3H3. The molecule has 0 aromatic carbocycles. The Morgan fingerprint density at radius 1 is 1.52 bits per heavy atom. The van der Waals surface area contributed by atoms with E-state index in [1.807, 2.05) is 0 Å². The quantitative estimate of drug-likeness (QED) is 0.769. The van der Waals surface area contributed by atoms with Crippen molar-refractivity contribution >= 4 is 5.97 Å². The molecule has 21 heavy (non-hydrogen) atoms. The fraction of sp³-hybridized carbons (Fsp3) is 0.667. The van der Waals surface area contributed by atoms with Crippen LogP contribution in [-0.4, -0.2) is 54.2 Å². The van der Waals surface area contributed by atoms with Crippen molar-refractivity contribution in [1.29, 1.82) is 0 Å². The van der Waals surface area contributed by atoms with E-state index in [2.05, 4.69) is 28.8 Å². The fourth-order valence-corrected chi connectivity index (χ4v) is 2.33. The molecule has 1 unspecified atom stereocenters. The van der Waals surface area contributed by atoms with Crippen molar-refractivity contribution in [1.82, 2.24) is 14.9 Å². The van der Waals surface area contributed by atoms with Crippen LogP contribution in [0, 0.1) is 0 Å². The van der Waals surface area contributed by atoms with Crippen LogP contribution < -0.4 is 0 Å². The molecular weight excluding hydrogens is 270 g/mol. The smallest absolute Gasteiger partial charge is 0.341 e. The highest BCUT2D eigenvalue weighted by Gasteiger charge is 2.24. The third-order valence-electron chi connectivity index (χ3n) is 3.43. The zero-order valence-electron chi connectivity index (χ0n) is 13.0. The number of aryl methyl sites for hydroxylation is 1. The summed E-state index contributed by atoms with van der Waals surface area (Å²) in [6, 6.07) is 0. The van der Waals surface area contributed by atoms with Gasteiger partial charge in [-0.05, 0) is 20.4 Å². The number of rotatable bonds is 5. The molecule has 0 amide bonds. The van der Waals surface area contributed by atoms with E-state index in [1.165, 1.54) is 0 Å². The molecule has 0 saturated carbocycles. The molecule has 0 spiro atoms. The monoisotopic (exact) mass is 293 g/mol. The lowest BCUT2D eigenvalue weighted by molar-refractivity contribution is -0.0256. The van der Waals surface area contributed by atoms with Gasteiger partial charge in [0, 0.05) is 19.3 Å². The van der Waals surface area contributed by atoms with Crippen molar-refractivity contribution in [3.05, 3.63) is 23.3 Å². The van der Waals surface area contributed by atoms with E-state index in [1.54, 1.807) is 13.1 Å². The number of ether oxygens (including phenoxy) is 2. The minimum atomic E-state index is -0.353. The summed E-state index contributed by atoms with van der Waals surface area (Å²) in [6.07, 6.45) is 3.08. The maximum Gasteiger partial charge on any atom is 0.341 e. The average molecular weight is 293 g/mol. The lowest BCUT2D eigenvalue weighted by Gasteiger charge is -2.29. The largest absolute Gasteiger partial charge is 0.462 e. The Bertz CT molecular complexity index is 493. The third-order valence-corrected chi connectivity index (χ3v) is 3.43. The maximum absolute atomic E-state index is 11.9. The van der Waals surface area contributed by atoms with Gasteiger partial charge in [0.2, 0.25) is 0 Å². The SMILES string of the molecule is CCCc1nc(C2CN(C)CCO2)ncc1C(=O)OCC. The first-order chi connectivity index (χ1) is 10.2. The highest BCUT2D eigenvalue weighted by molar-refractivity contribution is 5.90. The lowest BCUT2D eigenvalue weighted by atomic mass is 10.1. The molecule has 1 aromatic heterocycles. The van der Waals surface area contributed by atoms with Crippen LogP contribution in [0.4, 0.5) is 0 Å². The summed E-state index contributed by atoms with van der Waals surface area (Å²) in [4.78, 5) is 23.0. The van der Waals surface area contributed by atoms with E-state index >= 15 is 0 Å². The van der Waals surface area contributed by atoms with Gasteiger partial charge in [-0.2, -0.15) is 0 Å². The van der Waals surface area contributed by atoms with Gasteiger partial charge in [0.25, 0.3) is 0 Å². The summed E-state index contributed by atoms with van der Waals surface area (Å²) in [5, 5.41) is 0. The van der Waals surface area contributed by atoms with Crippen LogP contribution in [0.15, 0.2) is 6.20 Å². The van der Waals surface area contributed by atoms with Crippen molar-refractivity contribution in [3.8, 4) is 0 Å². The van der Waals surface area contributed by atoms with Crippen molar-refractivity contribution in [2.45, 2.75) is 32.8 Å². The predicted octanol–water partition coefficient (Wildman–Crippen LogP) is 1.61. The minimum absolute atomic E-state index is 0.129. The molecule has 1 fully saturated rings. The molecule has 2 heterocycles. The number of hydrogen-bond donors (Lipinski definition) is 0. The van der Waals surface area contributed by atoms with E-state index < -0.39 is 0 Å². The summed E-state index contributed by atoms with van der Waals surface area (Å²) in [7, 11) is 2.05. The summed E-state index contributed by atoms with van der Waals surface area (Å²) < 4.78 is 10.8. The summed E-state index contributed by atoms with van der Waals surface area (Å²) >= 11 is 0. The van der Waals surface area contributed by atoms with Gasteiger partial charge < -0.3 is 14.4 Å². The van der Waals surface area contributed by atoms with Crippen LogP contribution in [0.25, 0.3) is 0 Å². The van der Waals surface area contributed by atoms with E-state index in [4.69, 9.17) is 9.47 Å². The molecule has 2 rings (SSSR count). The highest BCUT2D eigenvalue weighted by atomic mass is 16.5. The van der Waals surface area contributed by atoms with E-state index in [0.717, 1.165) is 31.6 Å². The maximum atomic E-state index is 11.9. The zero-order chi connectivity index (χ0) is 15.2. The van der Waals surface area contributed by atoms with Gasteiger partial charge in [-0.3, -0.25) is 0 Å². The molecule has 6 nitrogen and oxygen atoms in total. The first kappa shape index (κ1) is 15.9. The van der Waals surface area contributed by atoms with Crippen LogP contribution in [0.3, 0.4) is 0 Å². The molecule has 1 aromatic rings. The second-order valence-corrected chi connectivity index (χ2v) is 5.18. The van der Waals surface area contributed by atoms with Crippen molar-refractivity contribution in [2.75, 3.05) is 33.4 Å². The topological polar surface area (TPSA) is 64.5 Å². The minimum Gasteiger partial charge on any atom is -0.462 e. The normalized spacial score (nSPS) is 19.5. The molecule has 0 radical (unpaired) electrons. The van der Waals surface area contributed by atoms with Crippen LogP contribution in [-0.2, 0) is 15.9 Å². The predicted molar refractivity (Wildman–Crippen MR) is 78.2 cm³/mol. The van der Waals surface area contributed by atoms with Crippen molar-refractivity contribution in [3.63, 3.8) is 0 Å². The lowest BCUT2D eigenvalue weighted by Crippen LogP contribution is -2.36. The van der Waals surface area contributed by atoms with Gasteiger partial charge in [-0.15, -0.1) is 0 Å². The molecular formula is C15H23N3O3. The fourth-order valence-electron chi connectivity index (χ4n) is 2.33. The van der Waals surface area contributed by atoms with Gasteiger partial charge in [-0.25, -0.2) is 14.8 Å². The van der Waals surface area contributed by atoms with Gasteiger partial charge >= 0.3 is 5.97 Å². The summed E-state index contributed by atoms with van der Waals surface area (Å²) in [6.45, 7) is 6.55. The van der Waals surface area contributed by atoms with E-state index in [0.29, 0.717) is 24.6 Å². The second-order valence-electron chi connectivity index (χ2n) is 5.18. The molecule has 1 saturated heterocycles. The molecule has 0 aliphatic carbocycles. The highest BCUT2D eigenvalue weighted by Crippen LogP contribution is 2.20. The van der Waals surface area contributed by atoms with E-state index in [-0.39, 0.29) is 12.1 Å². The van der Waals surface area contributed by atoms with Crippen molar-refractivity contribution < 1.29 is 14.3 Å². The molecule has 116 valence electrons. The van der Waals surface area contributed by atoms with Crippen LogP contribution in [0.1, 0.15) is 48.2 Å². The molecule has 1 aliphatic rings. The Hall–Kier alpha value is -1.53. The number of nitrogens with zero attached hydrogens (tertiary/aromatic N) is 3. The van der Waals surface area contributed by atoms with E-state index in [9.17, 15) is 4.79 Å². The van der Waals surface area contributed by atoms with Gasteiger partial charge in [0.05, 0.1) is 24.5 Å². The Morgan fingerprint density at radius 2 is 2.33 bits per heavy atom. The van der Waals surface area contributed by atoms with Gasteiger partial charge in [0.15, 0.2) is 5.82 Å². The number of hydrogen-bond acceptors (Lipinski definition) is 6. The van der Waals surface area contributed by atoms with Gasteiger partial charge in [-0.1, -0.05) is 13.3 Å². The van der Waals surface area contributed by atoms with Crippen LogP contribution in [0.2, 0.25) is 0 Å². The molecule has 1 aliphatic heterocycles. The summed E-state index contributed by atoms with van der Waals surface area (Å²) in [5.41, 5.74) is 1.21. The molecule has 0 N–H and O–H groups in total. The molecule has 1 atom stereocenters. The van der Waals surface area contributed by atoms with Crippen LogP contribution in [0.5, 0.6) is 0 Å². The Balaban J connectivity index is 2.24. The number of carbonyl (C=O) groups excluding carboxylic acids is 1. The van der Waals surface area contributed by atoms with Gasteiger partial charge in [0.1, 0.15) is 6.10 Å². The first-order valence-corrected chi connectivity index (χ1v) is 7.48. The number of aromatic nitrogens is 2. The second kappa shape index (κ2) is 7.47. The first-order valence-electron chi connectivity index (χ1n) is 7.48. The number of esters is 1. The Kier molecular flexibility index (Phi) is 5.64. The molecule has 0 bridgehead atoms. The Labute approximate surface area is 125 Å². The number of morpholine rings is 1. The third kappa shape index (κ3) is 3.98. The van der Waals surface area contributed by atoms with Crippen molar-refractivity contribution in [2.24, 2.45) is 0 Å². The summed E-state index contributed by atoms with van der Waals surface area (Å²) in [5.74, 6) is 0.298. The number of carbonyl (C=O) groups is 1. The number of likely N-dealkylation sites (N-methyl/N-ethyl adjacent to an activating group) is 1.